The Morgan fingerprint density at radius 2 is 1.54 bits per heavy atom. The molecule has 1 aliphatic rings. The lowest BCUT2D eigenvalue weighted by molar-refractivity contribution is -0.149. The summed E-state index contributed by atoms with van der Waals surface area (Å²) >= 11 is 0. The molecule has 0 spiro atoms. The predicted octanol–water partition coefficient (Wildman–Crippen LogP) is 8.73. The Morgan fingerprint density at radius 1 is 0.914 bits per heavy atom. The van der Waals surface area contributed by atoms with Crippen LogP contribution in [0.5, 0.6) is 5.75 Å². The van der Waals surface area contributed by atoms with Crippen molar-refractivity contribution in [1.82, 2.24) is 9.97 Å². The van der Waals surface area contributed by atoms with Crippen LogP contribution < -0.4 is 4.74 Å². The molecule has 1 aliphatic carbocycles. The molecular formula is C31H46N2O2. The van der Waals surface area contributed by atoms with E-state index in [9.17, 15) is 4.79 Å². The Hall–Kier alpha value is -2.23. The van der Waals surface area contributed by atoms with Gasteiger partial charge >= 0.3 is 5.97 Å². The van der Waals surface area contributed by atoms with Crippen LogP contribution in [0.1, 0.15) is 116 Å². The Bertz CT molecular complexity index is 870. The molecule has 4 heteroatoms. The zero-order valence-corrected chi connectivity index (χ0v) is 22.4. The summed E-state index contributed by atoms with van der Waals surface area (Å²) in [6, 6.07) is 7.66. The van der Waals surface area contributed by atoms with Crippen molar-refractivity contribution in [2.45, 2.75) is 117 Å². The fourth-order valence-electron chi connectivity index (χ4n) is 5.34. The van der Waals surface area contributed by atoms with Gasteiger partial charge in [-0.25, -0.2) is 9.97 Å². The lowest BCUT2D eigenvalue weighted by Gasteiger charge is -2.36. The Morgan fingerprint density at radius 3 is 2.17 bits per heavy atom. The normalized spacial score (nSPS) is 16.1. The molecule has 2 aromatic rings. The van der Waals surface area contributed by atoms with Crippen molar-refractivity contribution in [3.63, 3.8) is 0 Å². The number of carbonyl (C=O) groups excluding carboxylic acids is 1. The molecule has 0 radical (unpaired) electrons. The monoisotopic (exact) mass is 478 g/mol. The highest BCUT2D eigenvalue weighted by molar-refractivity contribution is 5.79. The average molecular weight is 479 g/mol. The van der Waals surface area contributed by atoms with E-state index in [4.69, 9.17) is 4.74 Å². The molecule has 3 rings (SSSR count). The second-order valence-corrected chi connectivity index (χ2v) is 10.8. The first kappa shape index (κ1) is 27.4. The van der Waals surface area contributed by atoms with Crippen molar-refractivity contribution >= 4 is 5.97 Å². The third kappa shape index (κ3) is 8.44. The van der Waals surface area contributed by atoms with Crippen molar-refractivity contribution < 1.29 is 9.53 Å². The maximum Gasteiger partial charge on any atom is 0.317 e. The van der Waals surface area contributed by atoms with Gasteiger partial charge in [0, 0.05) is 18.0 Å². The number of hydrogen-bond acceptors (Lipinski definition) is 4. The predicted molar refractivity (Wildman–Crippen MR) is 144 cm³/mol. The van der Waals surface area contributed by atoms with E-state index in [0.29, 0.717) is 17.5 Å². The summed E-state index contributed by atoms with van der Waals surface area (Å²) in [6.45, 7) is 6.71. The van der Waals surface area contributed by atoms with Gasteiger partial charge < -0.3 is 4.74 Å². The first-order chi connectivity index (χ1) is 17.1. The van der Waals surface area contributed by atoms with Gasteiger partial charge in [0.1, 0.15) is 5.75 Å². The molecule has 0 aliphatic heterocycles. The summed E-state index contributed by atoms with van der Waals surface area (Å²) in [6.07, 6.45) is 21.5. The van der Waals surface area contributed by atoms with Crippen LogP contribution in [0.25, 0.3) is 11.4 Å². The van der Waals surface area contributed by atoms with E-state index in [-0.39, 0.29) is 11.4 Å². The minimum atomic E-state index is -0.319. The standard InChI is InChI=1S/C31H46N2O2/c1-4-6-7-8-9-10-12-15-26-23-32-29(33-24-26)27-16-18-28(19-17-27)35-30(34)31(22-25(3)5-2)20-13-11-14-21-31/h16-19,23-25H,4-15,20-22H2,1-3H3. The van der Waals surface area contributed by atoms with Crippen LogP contribution in [0.4, 0.5) is 0 Å². The van der Waals surface area contributed by atoms with Gasteiger partial charge in [0.05, 0.1) is 5.41 Å². The van der Waals surface area contributed by atoms with Crippen LogP contribution in [-0.2, 0) is 11.2 Å². The summed E-state index contributed by atoms with van der Waals surface area (Å²) in [5.41, 5.74) is 1.83. The minimum absolute atomic E-state index is 0.0452. The van der Waals surface area contributed by atoms with Crippen LogP contribution in [0.3, 0.4) is 0 Å². The topological polar surface area (TPSA) is 52.1 Å². The van der Waals surface area contributed by atoms with Gasteiger partial charge in [0.2, 0.25) is 0 Å². The highest BCUT2D eigenvalue weighted by Crippen LogP contribution is 2.43. The summed E-state index contributed by atoms with van der Waals surface area (Å²) in [5.74, 6) is 1.82. The number of ether oxygens (including phenoxy) is 1. The van der Waals surface area contributed by atoms with Crippen molar-refractivity contribution in [3.05, 3.63) is 42.2 Å². The van der Waals surface area contributed by atoms with E-state index in [1.54, 1.807) is 0 Å². The molecular weight excluding hydrogens is 432 g/mol. The largest absolute Gasteiger partial charge is 0.426 e. The molecule has 0 amide bonds. The van der Waals surface area contributed by atoms with E-state index in [0.717, 1.165) is 50.5 Å². The van der Waals surface area contributed by atoms with E-state index in [1.165, 1.54) is 56.9 Å². The molecule has 0 saturated heterocycles. The van der Waals surface area contributed by atoms with Gasteiger partial charge in [-0.2, -0.15) is 0 Å². The molecule has 4 nitrogen and oxygen atoms in total. The van der Waals surface area contributed by atoms with E-state index < -0.39 is 0 Å². The van der Waals surface area contributed by atoms with Gasteiger partial charge in [-0.15, -0.1) is 0 Å². The van der Waals surface area contributed by atoms with Crippen molar-refractivity contribution in [1.29, 1.82) is 0 Å². The van der Waals surface area contributed by atoms with Crippen LogP contribution in [0.2, 0.25) is 0 Å². The lowest BCUT2D eigenvalue weighted by Crippen LogP contribution is -2.38. The van der Waals surface area contributed by atoms with Crippen LogP contribution in [-0.4, -0.2) is 15.9 Å². The quantitative estimate of drug-likeness (QED) is 0.155. The summed E-state index contributed by atoms with van der Waals surface area (Å²) in [5, 5.41) is 0. The number of rotatable bonds is 14. The fourth-order valence-corrected chi connectivity index (χ4v) is 5.34. The van der Waals surface area contributed by atoms with Gasteiger partial charge in [0.25, 0.3) is 0 Å². The zero-order valence-electron chi connectivity index (χ0n) is 22.4. The van der Waals surface area contributed by atoms with E-state index in [1.807, 2.05) is 36.7 Å². The number of aromatic nitrogens is 2. The lowest BCUT2D eigenvalue weighted by atomic mass is 9.69. The maximum atomic E-state index is 13.3. The number of aryl methyl sites for hydroxylation is 1. The molecule has 1 saturated carbocycles. The maximum absolute atomic E-state index is 13.3. The Kier molecular flexibility index (Phi) is 11.2. The molecule has 1 fully saturated rings. The van der Waals surface area contributed by atoms with Crippen LogP contribution >= 0.6 is 0 Å². The first-order valence-corrected chi connectivity index (χ1v) is 14.2. The second-order valence-electron chi connectivity index (χ2n) is 10.8. The van der Waals surface area contributed by atoms with E-state index in [2.05, 4.69) is 30.7 Å². The number of benzene rings is 1. The number of hydrogen-bond donors (Lipinski definition) is 0. The van der Waals surface area contributed by atoms with Crippen LogP contribution in [0.15, 0.2) is 36.7 Å². The average Bonchev–Trinajstić information content (AvgIpc) is 2.89. The van der Waals surface area contributed by atoms with E-state index >= 15 is 0 Å². The first-order valence-electron chi connectivity index (χ1n) is 14.2. The number of esters is 1. The molecule has 1 aromatic carbocycles. The van der Waals surface area contributed by atoms with Crippen molar-refractivity contribution in [2.75, 3.05) is 0 Å². The van der Waals surface area contributed by atoms with Gasteiger partial charge in [-0.05, 0) is 67.9 Å². The number of carbonyl (C=O) groups is 1. The number of unbranched alkanes of at least 4 members (excludes halogenated alkanes) is 6. The third-order valence-electron chi connectivity index (χ3n) is 7.78. The molecule has 1 unspecified atom stereocenters. The van der Waals surface area contributed by atoms with Crippen molar-refractivity contribution in [3.8, 4) is 17.1 Å². The summed E-state index contributed by atoms with van der Waals surface area (Å²) in [4.78, 5) is 22.4. The van der Waals surface area contributed by atoms with Crippen molar-refractivity contribution in [2.24, 2.45) is 11.3 Å². The minimum Gasteiger partial charge on any atom is -0.426 e. The smallest absolute Gasteiger partial charge is 0.317 e. The zero-order chi connectivity index (χ0) is 24.9. The molecule has 35 heavy (non-hydrogen) atoms. The molecule has 1 aromatic heterocycles. The molecule has 0 N–H and O–H groups in total. The highest BCUT2D eigenvalue weighted by atomic mass is 16.5. The van der Waals surface area contributed by atoms with Gasteiger partial charge in [-0.1, -0.05) is 85.0 Å². The molecule has 0 bridgehead atoms. The Balaban J connectivity index is 1.52. The third-order valence-corrected chi connectivity index (χ3v) is 7.78. The molecule has 192 valence electrons. The number of nitrogens with zero attached hydrogens (tertiary/aromatic N) is 2. The Labute approximate surface area is 213 Å². The fraction of sp³-hybridized carbons (Fsp3) is 0.645. The van der Waals surface area contributed by atoms with Gasteiger partial charge in [-0.3, -0.25) is 4.79 Å². The van der Waals surface area contributed by atoms with Gasteiger partial charge in [0.15, 0.2) is 5.82 Å². The molecule has 1 heterocycles. The van der Waals surface area contributed by atoms with Crippen LogP contribution in [0, 0.1) is 11.3 Å². The summed E-state index contributed by atoms with van der Waals surface area (Å²) in [7, 11) is 0. The second kappa shape index (κ2) is 14.4. The highest BCUT2D eigenvalue weighted by Gasteiger charge is 2.41. The molecule has 1 atom stereocenters. The SMILES string of the molecule is CCCCCCCCCc1cnc(-c2ccc(OC(=O)C3(CC(C)CC)CCCCC3)cc2)nc1. The summed E-state index contributed by atoms with van der Waals surface area (Å²) < 4.78 is 5.92.